The first-order valence-corrected chi connectivity index (χ1v) is 3.93. The van der Waals surface area contributed by atoms with Crippen LogP contribution in [0.3, 0.4) is 0 Å². The fraction of sp³-hybridized carbons (Fsp3) is 0.286. The van der Waals surface area contributed by atoms with E-state index in [1.807, 2.05) is 6.07 Å². The highest BCUT2D eigenvalue weighted by molar-refractivity contribution is 5.21. The molecule has 14 heavy (non-hydrogen) atoms. The maximum absolute atomic E-state index is 8.57. The van der Waals surface area contributed by atoms with E-state index in [4.69, 9.17) is 5.26 Å². The summed E-state index contributed by atoms with van der Waals surface area (Å²) in [7, 11) is 1.69. The Labute approximate surface area is 79.6 Å². The minimum Gasteiger partial charge on any atom is -0.264 e. The van der Waals surface area contributed by atoms with Crippen molar-refractivity contribution in [2.24, 2.45) is 7.05 Å². The van der Waals surface area contributed by atoms with Gasteiger partial charge in [-0.15, -0.1) is 10.2 Å². The SMILES string of the molecule is Cn1nnc(Cn2cc(C#N)cn2)n1. The van der Waals surface area contributed by atoms with Crippen LogP contribution in [-0.4, -0.2) is 30.0 Å². The third-order valence-electron chi connectivity index (χ3n) is 1.62. The summed E-state index contributed by atoms with van der Waals surface area (Å²) in [5.74, 6) is 0.570. The number of tetrazole rings is 1. The molecule has 0 bridgehead atoms. The molecule has 2 aromatic rings. The van der Waals surface area contributed by atoms with Crippen molar-refractivity contribution < 1.29 is 0 Å². The molecule has 70 valence electrons. The maximum Gasteiger partial charge on any atom is 0.196 e. The number of nitriles is 1. The second-order valence-electron chi connectivity index (χ2n) is 2.73. The summed E-state index contributed by atoms with van der Waals surface area (Å²) in [6.07, 6.45) is 3.13. The first kappa shape index (κ1) is 8.37. The van der Waals surface area contributed by atoms with Crippen LogP contribution in [0, 0.1) is 11.3 Å². The zero-order valence-electron chi connectivity index (χ0n) is 7.49. The molecule has 0 spiro atoms. The summed E-state index contributed by atoms with van der Waals surface area (Å²) in [5, 5.41) is 24.0. The van der Waals surface area contributed by atoms with E-state index in [0.29, 0.717) is 17.9 Å². The van der Waals surface area contributed by atoms with E-state index in [0.717, 1.165) is 0 Å². The van der Waals surface area contributed by atoms with Crippen LogP contribution in [0.4, 0.5) is 0 Å². The quantitative estimate of drug-likeness (QED) is 0.625. The average Bonchev–Trinajstić information content (AvgIpc) is 2.76. The third-order valence-corrected chi connectivity index (χ3v) is 1.62. The molecule has 0 saturated heterocycles. The highest BCUT2D eigenvalue weighted by Gasteiger charge is 2.02. The van der Waals surface area contributed by atoms with Crippen molar-refractivity contribution in [3.05, 3.63) is 23.8 Å². The van der Waals surface area contributed by atoms with Crippen LogP contribution in [-0.2, 0) is 13.6 Å². The molecule has 0 aliphatic heterocycles. The van der Waals surface area contributed by atoms with Crippen molar-refractivity contribution in [2.45, 2.75) is 6.54 Å². The Kier molecular flexibility index (Phi) is 1.95. The molecule has 7 heteroatoms. The molecule has 0 N–H and O–H groups in total. The number of nitrogens with zero attached hydrogens (tertiary/aromatic N) is 7. The number of hydrogen-bond donors (Lipinski definition) is 0. The minimum absolute atomic E-state index is 0.426. The molecule has 0 fully saturated rings. The third kappa shape index (κ3) is 1.59. The van der Waals surface area contributed by atoms with Crippen molar-refractivity contribution in [1.29, 1.82) is 5.26 Å². The molecule has 2 heterocycles. The lowest BCUT2D eigenvalue weighted by atomic mass is 10.4. The summed E-state index contributed by atoms with van der Waals surface area (Å²) in [4.78, 5) is 1.38. The minimum atomic E-state index is 0.426. The Bertz CT molecular complexity index is 474. The average molecular weight is 189 g/mol. The first-order valence-electron chi connectivity index (χ1n) is 3.93. The van der Waals surface area contributed by atoms with Crippen LogP contribution in [0.15, 0.2) is 12.4 Å². The lowest BCUT2D eigenvalue weighted by molar-refractivity contribution is 0.617. The monoisotopic (exact) mass is 189 g/mol. The Morgan fingerprint density at radius 2 is 2.43 bits per heavy atom. The second-order valence-corrected chi connectivity index (χ2v) is 2.73. The molecule has 0 amide bonds. The van der Waals surface area contributed by atoms with E-state index in [1.54, 1.807) is 17.9 Å². The predicted octanol–water partition coefficient (Wildman–Crippen LogP) is -0.673. The molecule has 0 aromatic carbocycles. The molecule has 0 radical (unpaired) electrons. The molecule has 2 aromatic heterocycles. The van der Waals surface area contributed by atoms with Crippen LogP contribution in [0.2, 0.25) is 0 Å². The predicted molar refractivity (Wildman–Crippen MR) is 44.8 cm³/mol. The first-order chi connectivity index (χ1) is 6.78. The molecular formula is C7H7N7. The molecule has 0 saturated carbocycles. The summed E-state index contributed by atoms with van der Waals surface area (Å²) in [6, 6.07) is 1.99. The summed E-state index contributed by atoms with van der Waals surface area (Å²) >= 11 is 0. The summed E-state index contributed by atoms with van der Waals surface area (Å²) in [6.45, 7) is 0.426. The van der Waals surface area contributed by atoms with Crippen molar-refractivity contribution in [3.8, 4) is 6.07 Å². The zero-order chi connectivity index (χ0) is 9.97. The highest BCUT2D eigenvalue weighted by Crippen LogP contribution is 1.97. The van der Waals surface area contributed by atoms with Gasteiger partial charge in [0.25, 0.3) is 0 Å². The Hall–Kier alpha value is -2.23. The molecule has 0 unspecified atom stereocenters. The summed E-state index contributed by atoms with van der Waals surface area (Å²) in [5.41, 5.74) is 0.522. The largest absolute Gasteiger partial charge is 0.264 e. The van der Waals surface area contributed by atoms with Crippen LogP contribution in [0.5, 0.6) is 0 Å². The van der Waals surface area contributed by atoms with Crippen molar-refractivity contribution in [1.82, 2.24) is 30.0 Å². The summed E-state index contributed by atoms with van der Waals surface area (Å²) < 4.78 is 1.59. The van der Waals surface area contributed by atoms with Gasteiger partial charge in [0.1, 0.15) is 12.6 Å². The van der Waals surface area contributed by atoms with Gasteiger partial charge in [-0.2, -0.15) is 15.2 Å². The lowest BCUT2D eigenvalue weighted by Crippen LogP contribution is -2.02. The van der Waals surface area contributed by atoms with Gasteiger partial charge in [-0.3, -0.25) is 4.68 Å². The zero-order valence-corrected chi connectivity index (χ0v) is 7.49. The van der Waals surface area contributed by atoms with Gasteiger partial charge in [0.15, 0.2) is 5.82 Å². The Balaban J connectivity index is 2.15. The van der Waals surface area contributed by atoms with Gasteiger partial charge in [0, 0.05) is 6.20 Å². The lowest BCUT2D eigenvalue weighted by Gasteiger charge is -1.93. The number of aromatic nitrogens is 6. The van der Waals surface area contributed by atoms with Crippen LogP contribution >= 0.6 is 0 Å². The van der Waals surface area contributed by atoms with Gasteiger partial charge in [0.05, 0.1) is 18.8 Å². The van der Waals surface area contributed by atoms with Crippen LogP contribution in [0.25, 0.3) is 0 Å². The van der Waals surface area contributed by atoms with Crippen molar-refractivity contribution in [3.63, 3.8) is 0 Å². The van der Waals surface area contributed by atoms with Gasteiger partial charge >= 0.3 is 0 Å². The Morgan fingerprint density at radius 3 is 3.00 bits per heavy atom. The normalized spacial score (nSPS) is 10.0. The standard InChI is InChI=1S/C7H7N7/c1-13-11-7(10-12-13)5-14-4-6(2-8)3-9-14/h3-4H,5H2,1H3. The molecular weight excluding hydrogens is 182 g/mol. The van der Waals surface area contributed by atoms with Gasteiger partial charge in [-0.05, 0) is 5.21 Å². The number of hydrogen-bond acceptors (Lipinski definition) is 5. The second kappa shape index (κ2) is 3.26. The van der Waals surface area contributed by atoms with E-state index < -0.39 is 0 Å². The Morgan fingerprint density at radius 1 is 1.57 bits per heavy atom. The topological polar surface area (TPSA) is 85.2 Å². The van der Waals surface area contributed by atoms with E-state index in [2.05, 4.69) is 20.5 Å². The van der Waals surface area contributed by atoms with E-state index in [1.165, 1.54) is 11.0 Å². The molecule has 7 nitrogen and oxygen atoms in total. The van der Waals surface area contributed by atoms with E-state index in [9.17, 15) is 0 Å². The van der Waals surface area contributed by atoms with Gasteiger partial charge in [-0.25, -0.2) is 0 Å². The van der Waals surface area contributed by atoms with E-state index in [-0.39, 0.29) is 0 Å². The molecule has 0 atom stereocenters. The van der Waals surface area contributed by atoms with E-state index >= 15 is 0 Å². The molecule has 0 aliphatic carbocycles. The van der Waals surface area contributed by atoms with Crippen LogP contribution in [0.1, 0.15) is 11.4 Å². The van der Waals surface area contributed by atoms with Crippen LogP contribution < -0.4 is 0 Å². The smallest absolute Gasteiger partial charge is 0.196 e. The van der Waals surface area contributed by atoms with Crippen molar-refractivity contribution >= 4 is 0 Å². The van der Waals surface area contributed by atoms with Gasteiger partial charge < -0.3 is 0 Å². The maximum atomic E-state index is 8.57. The molecule has 2 rings (SSSR count). The highest BCUT2D eigenvalue weighted by atomic mass is 15.6. The van der Waals surface area contributed by atoms with Gasteiger partial charge in [-0.1, -0.05) is 0 Å². The molecule has 0 aliphatic rings. The van der Waals surface area contributed by atoms with Crippen molar-refractivity contribution in [2.75, 3.05) is 0 Å². The van der Waals surface area contributed by atoms with Gasteiger partial charge in [0.2, 0.25) is 0 Å². The number of rotatable bonds is 2. The fourth-order valence-corrected chi connectivity index (χ4v) is 1.04. The number of aryl methyl sites for hydroxylation is 1. The fourth-order valence-electron chi connectivity index (χ4n) is 1.04.